The van der Waals surface area contributed by atoms with Crippen LogP contribution < -0.4 is 15.7 Å². The average Bonchev–Trinajstić information content (AvgIpc) is 2.74. The maximum atomic E-state index is 12.7. The summed E-state index contributed by atoms with van der Waals surface area (Å²) >= 11 is 0. The normalized spacial score (nSPS) is 11.9. The zero-order valence-corrected chi connectivity index (χ0v) is 17.9. The molecule has 0 unspecified atom stereocenters. The third-order valence-electron chi connectivity index (χ3n) is 4.92. The van der Waals surface area contributed by atoms with Crippen molar-refractivity contribution in [2.75, 3.05) is 7.11 Å². The second-order valence-electron chi connectivity index (χ2n) is 7.62. The van der Waals surface area contributed by atoms with Crippen LogP contribution in [0, 0.1) is 12.8 Å². The highest BCUT2D eigenvalue weighted by Crippen LogP contribution is 2.20. The fraction of sp³-hybridized carbons (Fsp3) is 0.292. The Morgan fingerprint density at radius 1 is 1.06 bits per heavy atom. The van der Waals surface area contributed by atoms with Crippen molar-refractivity contribution in [2.24, 2.45) is 5.92 Å². The minimum Gasteiger partial charge on any atom is -0.497 e. The van der Waals surface area contributed by atoms with E-state index in [1.54, 1.807) is 37.4 Å². The summed E-state index contributed by atoms with van der Waals surface area (Å²) in [4.78, 5) is 37.2. The summed E-state index contributed by atoms with van der Waals surface area (Å²) in [6.45, 7) is 5.42. The van der Waals surface area contributed by atoms with Gasteiger partial charge in [-0.2, -0.15) is 0 Å². The largest absolute Gasteiger partial charge is 0.497 e. The fourth-order valence-electron chi connectivity index (χ4n) is 3.16. The number of carbonyl (C=O) groups is 2. The lowest BCUT2D eigenvalue weighted by Gasteiger charge is -2.21. The Bertz CT molecular complexity index is 1150. The molecule has 3 aromatic rings. The van der Waals surface area contributed by atoms with Crippen molar-refractivity contribution < 1.29 is 23.5 Å². The lowest BCUT2D eigenvalue weighted by molar-refractivity contribution is -0.148. The lowest BCUT2D eigenvalue weighted by Crippen LogP contribution is -2.45. The first-order chi connectivity index (χ1) is 14.8. The van der Waals surface area contributed by atoms with E-state index in [-0.39, 0.29) is 18.4 Å². The van der Waals surface area contributed by atoms with Crippen molar-refractivity contribution in [1.29, 1.82) is 0 Å². The van der Waals surface area contributed by atoms with Gasteiger partial charge < -0.3 is 19.2 Å². The van der Waals surface area contributed by atoms with E-state index in [0.717, 1.165) is 5.56 Å². The zero-order valence-electron chi connectivity index (χ0n) is 17.9. The van der Waals surface area contributed by atoms with Crippen molar-refractivity contribution >= 4 is 22.8 Å². The summed E-state index contributed by atoms with van der Waals surface area (Å²) in [5.41, 5.74) is 1.82. The summed E-state index contributed by atoms with van der Waals surface area (Å²) in [6.07, 6.45) is 0. The Morgan fingerprint density at radius 3 is 2.42 bits per heavy atom. The van der Waals surface area contributed by atoms with Gasteiger partial charge in [0, 0.05) is 22.6 Å². The standard InChI is InChI=1S/C24H25NO6/c1-14(2)22(25-23(27)16-6-8-18(29-4)9-7-16)24(28)30-13-17-12-21(26)31-20-11-15(3)5-10-19(17)20/h5-12,14,22H,13H2,1-4H3,(H,25,27)/t22-/m0/s1. The Balaban J connectivity index is 1.73. The van der Waals surface area contributed by atoms with Gasteiger partial charge in [-0.15, -0.1) is 0 Å². The molecule has 162 valence electrons. The van der Waals surface area contributed by atoms with Gasteiger partial charge >= 0.3 is 11.6 Å². The first kappa shape index (κ1) is 22.1. The van der Waals surface area contributed by atoms with Gasteiger partial charge in [-0.1, -0.05) is 26.0 Å². The van der Waals surface area contributed by atoms with E-state index in [1.807, 2.05) is 32.9 Å². The molecular formula is C24H25NO6. The van der Waals surface area contributed by atoms with Crippen LogP contribution in [0.2, 0.25) is 0 Å². The quantitative estimate of drug-likeness (QED) is 0.461. The van der Waals surface area contributed by atoms with Gasteiger partial charge in [0.2, 0.25) is 0 Å². The van der Waals surface area contributed by atoms with Gasteiger partial charge in [-0.25, -0.2) is 9.59 Å². The summed E-state index contributed by atoms with van der Waals surface area (Å²) < 4.78 is 15.8. The number of carbonyl (C=O) groups excluding carboxylic acids is 2. The zero-order chi connectivity index (χ0) is 22.5. The second kappa shape index (κ2) is 9.47. The van der Waals surface area contributed by atoms with Gasteiger partial charge in [0.25, 0.3) is 5.91 Å². The molecule has 1 amide bonds. The van der Waals surface area contributed by atoms with E-state index in [9.17, 15) is 14.4 Å². The summed E-state index contributed by atoms with van der Waals surface area (Å²) in [7, 11) is 1.54. The number of fused-ring (bicyclic) bond motifs is 1. The van der Waals surface area contributed by atoms with Crippen molar-refractivity contribution in [3.05, 3.63) is 75.6 Å². The van der Waals surface area contributed by atoms with Gasteiger partial charge in [0.05, 0.1) is 7.11 Å². The van der Waals surface area contributed by atoms with Gasteiger partial charge in [-0.05, 0) is 48.7 Å². The molecule has 0 radical (unpaired) electrons. The molecular weight excluding hydrogens is 398 g/mol. The van der Waals surface area contributed by atoms with E-state index in [4.69, 9.17) is 13.9 Å². The van der Waals surface area contributed by atoms with Crippen LogP contribution in [0.5, 0.6) is 5.75 Å². The number of nitrogens with one attached hydrogen (secondary N) is 1. The average molecular weight is 423 g/mol. The van der Waals surface area contributed by atoms with E-state index in [2.05, 4.69) is 5.32 Å². The minimum absolute atomic E-state index is 0.106. The number of esters is 1. The third-order valence-corrected chi connectivity index (χ3v) is 4.92. The Labute approximate surface area is 180 Å². The highest BCUT2D eigenvalue weighted by Gasteiger charge is 2.26. The summed E-state index contributed by atoms with van der Waals surface area (Å²) in [5.74, 6) is -0.536. The van der Waals surface area contributed by atoms with Gasteiger partial charge in [0.15, 0.2) is 0 Å². The molecule has 0 spiro atoms. The molecule has 0 saturated carbocycles. The van der Waals surface area contributed by atoms with Crippen LogP contribution in [-0.4, -0.2) is 25.0 Å². The minimum atomic E-state index is -0.844. The molecule has 0 saturated heterocycles. The Morgan fingerprint density at radius 2 is 1.77 bits per heavy atom. The molecule has 7 nitrogen and oxygen atoms in total. The number of rotatable bonds is 7. The molecule has 0 fully saturated rings. The Kier molecular flexibility index (Phi) is 6.74. The van der Waals surface area contributed by atoms with Crippen LogP contribution in [0.4, 0.5) is 0 Å². The molecule has 0 aliphatic carbocycles. The van der Waals surface area contributed by atoms with E-state index < -0.39 is 17.6 Å². The van der Waals surface area contributed by atoms with E-state index in [0.29, 0.717) is 27.8 Å². The molecule has 31 heavy (non-hydrogen) atoms. The van der Waals surface area contributed by atoms with Crippen molar-refractivity contribution in [2.45, 2.75) is 33.4 Å². The number of aryl methyl sites for hydroxylation is 1. The van der Waals surface area contributed by atoms with Gasteiger partial charge in [-0.3, -0.25) is 4.79 Å². The van der Waals surface area contributed by atoms with Gasteiger partial charge in [0.1, 0.15) is 24.0 Å². The first-order valence-electron chi connectivity index (χ1n) is 9.93. The maximum Gasteiger partial charge on any atom is 0.336 e. The Hall–Kier alpha value is -3.61. The summed E-state index contributed by atoms with van der Waals surface area (Å²) in [5, 5.41) is 3.42. The maximum absolute atomic E-state index is 12.7. The van der Waals surface area contributed by atoms with Crippen LogP contribution in [0.15, 0.2) is 57.7 Å². The number of hydrogen-bond acceptors (Lipinski definition) is 6. The fourth-order valence-corrected chi connectivity index (χ4v) is 3.16. The number of amides is 1. The highest BCUT2D eigenvalue weighted by atomic mass is 16.5. The number of hydrogen-bond donors (Lipinski definition) is 1. The number of benzene rings is 2. The monoisotopic (exact) mass is 423 g/mol. The molecule has 0 aliphatic heterocycles. The highest BCUT2D eigenvalue weighted by molar-refractivity contribution is 5.97. The SMILES string of the molecule is COc1ccc(C(=O)N[C@H](C(=O)OCc2cc(=O)oc3cc(C)ccc23)C(C)C)cc1. The smallest absolute Gasteiger partial charge is 0.336 e. The van der Waals surface area contributed by atoms with E-state index in [1.165, 1.54) is 6.07 Å². The first-order valence-corrected chi connectivity index (χ1v) is 9.93. The lowest BCUT2D eigenvalue weighted by atomic mass is 10.0. The van der Waals surface area contributed by atoms with Crippen LogP contribution in [-0.2, 0) is 16.1 Å². The van der Waals surface area contributed by atoms with E-state index >= 15 is 0 Å². The molecule has 1 N–H and O–H groups in total. The molecule has 1 aromatic heterocycles. The third kappa shape index (κ3) is 5.31. The molecule has 1 heterocycles. The molecule has 0 aliphatic rings. The predicted octanol–water partition coefficient (Wildman–Crippen LogP) is 3.61. The number of ether oxygens (including phenoxy) is 2. The summed E-state index contributed by atoms with van der Waals surface area (Å²) in [6, 6.07) is 12.5. The topological polar surface area (TPSA) is 94.8 Å². The predicted molar refractivity (Wildman–Crippen MR) is 116 cm³/mol. The van der Waals surface area contributed by atoms with Crippen molar-refractivity contribution in [1.82, 2.24) is 5.32 Å². The van der Waals surface area contributed by atoms with Crippen LogP contribution >= 0.6 is 0 Å². The molecule has 7 heteroatoms. The van der Waals surface area contributed by atoms with Crippen LogP contribution in [0.1, 0.15) is 35.3 Å². The van der Waals surface area contributed by atoms with Crippen molar-refractivity contribution in [3.8, 4) is 5.75 Å². The molecule has 1 atom stereocenters. The van der Waals surface area contributed by atoms with Crippen LogP contribution in [0.3, 0.4) is 0 Å². The molecule has 3 rings (SSSR count). The van der Waals surface area contributed by atoms with Crippen LogP contribution in [0.25, 0.3) is 11.0 Å². The molecule has 2 aromatic carbocycles. The van der Waals surface area contributed by atoms with Crippen molar-refractivity contribution in [3.63, 3.8) is 0 Å². The molecule has 0 bridgehead atoms. The number of methoxy groups -OCH3 is 1. The second-order valence-corrected chi connectivity index (χ2v) is 7.62.